The molecule has 1 rings (SSSR count). The van der Waals surface area contributed by atoms with Crippen molar-refractivity contribution >= 4 is 22.8 Å². The van der Waals surface area contributed by atoms with E-state index in [2.05, 4.69) is 12.2 Å². The summed E-state index contributed by atoms with van der Waals surface area (Å²) in [7, 11) is 0. The molecule has 0 heterocycles. The van der Waals surface area contributed by atoms with E-state index < -0.39 is 0 Å². The average Bonchev–Trinajstić information content (AvgIpc) is 2.62. The summed E-state index contributed by atoms with van der Waals surface area (Å²) < 4.78 is 5.47. The van der Waals surface area contributed by atoms with Crippen molar-refractivity contribution in [2.45, 2.75) is 51.9 Å². The van der Waals surface area contributed by atoms with Gasteiger partial charge in [0.25, 0.3) is 0 Å². The Hall–Kier alpha value is -1.75. The van der Waals surface area contributed by atoms with E-state index >= 15 is 0 Å². The zero-order valence-corrected chi connectivity index (χ0v) is 15.9. The van der Waals surface area contributed by atoms with Crippen molar-refractivity contribution in [1.82, 2.24) is 5.32 Å². The van der Waals surface area contributed by atoms with Gasteiger partial charge >= 0.3 is 0 Å². The molecule has 0 aliphatic rings. The van der Waals surface area contributed by atoms with E-state index in [1.165, 1.54) is 31.8 Å². The summed E-state index contributed by atoms with van der Waals surface area (Å²) in [5, 5.41) is 4.36. The highest BCUT2D eigenvalue weighted by molar-refractivity contribution is 8.16. The fraction of sp³-hybridized carbons (Fsp3) is 0.500. The maximum Gasteiger partial charge on any atom is 0.244 e. The molecular weight excluding hydrogens is 334 g/mol. The molecule has 0 aliphatic heterocycles. The highest BCUT2D eigenvalue weighted by Crippen LogP contribution is 2.11. The molecule has 0 aromatic heterocycles. The number of benzene rings is 1. The summed E-state index contributed by atoms with van der Waals surface area (Å²) >= 11 is 1.03. The van der Waals surface area contributed by atoms with E-state index in [1.54, 1.807) is 5.41 Å². The van der Waals surface area contributed by atoms with Crippen molar-refractivity contribution in [2.75, 3.05) is 13.2 Å². The maximum absolute atomic E-state index is 11.7. The minimum atomic E-state index is -0.144. The van der Waals surface area contributed by atoms with E-state index in [9.17, 15) is 9.59 Å². The van der Waals surface area contributed by atoms with Gasteiger partial charge in [-0.2, -0.15) is 0 Å². The standard InChI is InChI=1S/C20H29NO3S/c1-2-3-4-5-6-10-15-21-19(22)14-17-25-20(23)13-16-24-18-11-8-7-9-12-18/h7-9,11-12,14,17H,2-6,10,13,15-16H2,1H3,(H,21,22)/b17-14-. The molecule has 138 valence electrons. The molecule has 0 aliphatic carbocycles. The third kappa shape index (κ3) is 12.3. The molecule has 0 spiro atoms. The lowest BCUT2D eigenvalue weighted by molar-refractivity contribution is -0.116. The van der Waals surface area contributed by atoms with Crippen LogP contribution in [-0.2, 0) is 9.59 Å². The lowest BCUT2D eigenvalue weighted by Crippen LogP contribution is -2.21. The third-order valence-corrected chi connectivity index (χ3v) is 4.31. The van der Waals surface area contributed by atoms with Crippen LogP contribution in [0.25, 0.3) is 0 Å². The minimum Gasteiger partial charge on any atom is -0.493 e. The Balaban J connectivity index is 2.01. The van der Waals surface area contributed by atoms with Crippen LogP contribution < -0.4 is 10.1 Å². The topological polar surface area (TPSA) is 55.4 Å². The molecule has 0 saturated carbocycles. The Morgan fingerprint density at radius 1 is 1.08 bits per heavy atom. The average molecular weight is 364 g/mol. The Morgan fingerprint density at radius 2 is 1.80 bits per heavy atom. The van der Waals surface area contributed by atoms with Crippen LogP contribution in [0.4, 0.5) is 0 Å². The zero-order chi connectivity index (χ0) is 18.2. The molecule has 0 radical (unpaired) electrons. The number of carbonyl (C=O) groups excluding carboxylic acids is 2. The number of unbranched alkanes of at least 4 members (excludes halogenated alkanes) is 5. The summed E-state index contributed by atoms with van der Waals surface area (Å²) in [6.45, 7) is 3.23. The van der Waals surface area contributed by atoms with Crippen LogP contribution in [-0.4, -0.2) is 24.2 Å². The third-order valence-electron chi connectivity index (χ3n) is 3.57. The van der Waals surface area contributed by atoms with E-state index in [1.807, 2.05) is 30.3 Å². The molecule has 0 bridgehead atoms. The summed E-state index contributed by atoms with van der Waals surface area (Å²) in [6, 6.07) is 9.39. The van der Waals surface area contributed by atoms with Gasteiger partial charge in [-0.1, -0.05) is 69.0 Å². The maximum atomic E-state index is 11.7. The summed E-state index contributed by atoms with van der Waals surface area (Å²) in [5.74, 6) is 0.610. The van der Waals surface area contributed by atoms with Crippen molar-refractivity contribution in [3.8, 4) is 5.75 Å². The van der Waals surface area contributed by atoms with E-state index in [0.717, 1.165) is 30.4 Å². The molecule has 0 fully saturated rings. The van der Waals surface area contributed by atoms with Gasteiger partial charge in [0.2, 0.25) is 5.91 Å². The molecule has 1 aromatic rings. The highest BCUT2D eigenvalue weighted by atomic mass is 32.2. The molecule has 5 heteroatoms. The summed E-state index contributed by atoms with van der Waals surface area (Å²) in [5.41, 5.74) is 0. The molecule has 0 unspecified atom stereocenters. The largest absolute Gasteiger partial charge is 0.493 e. The SMILES string of the molecule is CCCCCCCCNC(=O)/C=C\SC(=O)CCOc1ccccc1. The molecule has 25 heavy (non-hydrogen) atoms. The van der Waals surface area contributed by atoms with E-state index in [4.69, 9.17) is 4.74 Å². The van der Waals surface area contributed by atoms with E-state index in [0.29, 0.717) is 19.6 Å². The Kier molecular flexibility index (Phi) is 12.4. The molecule has 1 N–H and O–H groups in total. The fourth-order valence-electron chi connectivity index (χ4n) is 2.18. The Bertz CT molecular complexity index is 517. The van der Waals surface area contributed by atoms with Gasteiger partial charge in [-0.25, -0.2) is 0 Å². The first-order valence-electron chi connectivity index (χ1n) is 9.04. The smallest absolute Gasteiger partial charge is 0.244 e. The van der Waals surface area contributed by atoms with Gasteiger partial charge in [-0.15, -0.1) is 0 Å². The van der Waals surface area contributed by atoms with Gasteiger partial charge in [-0.3, -0.25) is 9.59 Å². The number of ether oxygens (including phenoxy) is 1. The van der Waals surface area contributed by atoms with Crippen LogP contribution in [0.1, 0.15) is 51.9 Å². The first kappa shape index (κ1) is 21.3. The second-order valence-electron chi connectivity index (χ2n) is 5.76. The van der Waals surface area contributed by atoms with Gasteiger partial charge in [0.15, 0.2) is 5.12 Å². The lowest BCUT2D eigenvalue weighted by atomic mass is 10.1. The van der Waals surface area contributed by atoms with Crippen molar-refractivity contribution in [2.24, 2.45) is 0 Å². The zero-order valence-electron chi connectivity index (χ0n) is 15.0. The van der Waals surface area contributed by atoms with Crippen LogP contribution in [0.15, 0.2) is 41.8 Å². The number of thioether (sulfide) groups is 1. The number of hydrogen-bond acceptors (Lipinski definition) is 4. The number of rotatable bonds is 13. The van der Waals surface area contributed by atoms with Crippen molar-refractivity contribution in [3.63, 3.8) is 0 Å². The molecular formula is C20H29NO3S. The van der Waals surface area contributed by atoms with Gasteiger partial charge in [-0.05, 0) is 24.0 Å². The molecule has 0 saturated heterocycles. The predicted octanol–water partition coefficient (Wildman–Crippen LogP) is 4.71. The van der Waals surface area contributed by atoms with Crippen LogP contribution >= 0.6 is 11.8 Å². The van der Waals surface area contributed by atoms with Crippen LogP contribution in [0.5, 0.6) is 5.75 Å². The van der Waals surface area contributed by atoms with Crippen molar-refractivity contribution in [3.05, 3.63) is 41.8 Å². The first-order chi connectivity index (χ1) is 12.2. The quantitative estimate of drug-likeness (QED) is 0.407. The monoisotopic (exact) mass is 363 g/mol. The van der Waals surface area contributed by atoms with Crippen LogP contribution in [0.2, 0.25) is 0 Å². The Labute approximate surface area is 155 Å². The summed E-state index contributed by atoms with van der Waals surface area (Å²) in [6.07, 6.45) is 8.92. The first-order valence-corrected chi connectivity index (χ1v) is 9.92. The fourth-order valence-corrected chi connectivity index (χ4v) is 2.72. The van der Waals surface area contributed by atoms with Gasteiger partial charge in [0.1, 0.15) is 5.75 Å². The van der Waals surface area contributed by atoms with Crippen molar-refractivity contribution < 1.29 is 14.3 Å². The number of carbonyl (C=O) groups is 2. The highest BCUT2D eigenvalue weighted by Gasteiger charge is 2.02. The van der Waals surface area contributed by atoms with E-state index in [-0.39, 0.29) is 11.0 Å². The minimum absolute atomic E-state index is 0.0177. The van der Waals surface area contributed by atoms with Crippen LogP contribution in [0.3, 0.4) is 0 Å². The van der Waals surface area contributed by atoms with Gasteiger partial charge in [0, 0.05) is 12.6 Å². The molecule has 1 amide bonds. The lowest BCUT2D eigenvalue weighted by Gasteiger charge is -2.04. The number of hydrogen-bond donors (Lipinski definition) is 1. The molecule has 1 aromatic carbocycles. The number of nitrogens with one attached hydrogen (secondary N) is 1. The van der Waals surface area contributed by atoms with Crippen LogP contribution in [0, 0.1) is 0 Å². The predicted molar refractivity (Wildman–Crippen MR) is 105 cm³/mol. The van der Waals surface area contributed by atoms with Gasteiger partial charge in [0.05, 0.1) is 13.0 Å². The second-order valence-corrected chi connectivity index (χ2v) is 6.73. The number of para-hydroxylation sites is 1. The molecule has 4 nitrogen and oxygen atoms in total. The van der Waals surface area contributed by atoms with Crippen molar-refractivity contribution in [1.29, 1.82) is 0 Å². The number of amides is 1. The van der Waals surface area contributed by atoms with Gasteiger partial charge < -0.3 is 10.1 Å². The Morgan fingerprint density at radius 3 is 2.56 bits per heavy atom. The normalized spacial score (nSPS) is 10.8. The summed E-state index contributed by atoms with van der Waals surface area (Å²) in [4.78, 5) is 23.3. The molecule has 0 atom stereocenters. The second kappa shape index (κ2) is 14.6.